The number of esters is 1. The van der Waals surface area contributed by atoms with Gasteiger partial charge in [-0.3, -0.25) is 14.4 Å². The molecule has 2 fully saturated rings. The predicted molar refractivity (Wildman–Crippen MR) is 106 cm³/mol. The fraction of sp³-hybridized carbons (Fsp3) is 0.708. The van der Waals surface area contributed by atoms with Crippen LogP contribution in [0.25, 0.3) is 0 Å². The van der Waals surface area contributed by atoms with Crippen molar-refractivity contribution in [2.24, 2.45) is 28.6 Å². The number of fused-ring (bicyclic) bond motifs is 5. The molecule has 0 bridgehead atoms. The standard InChI is InChI=1S/C24H32O4/c1-14-12-17-18(22(3)10-8-16(26)13-20(14)22)9-11-23(4)19(17)6-7-21(27)24(23,5)28-15(2)25/h12-13,17-19H,6-11H2,1-5H3/t17-,18+,19+,22-,23+,24-/m1/s1. The lowest BCUT2D eigenvalue weighted by Gasteiger charge is -2.62. The van der Waals surface area contributed by atoms with Crippen molar-refractivity contribution in [1.29, 1.82) is 0 Å². The molecule has 0 aromatic heterocycles. The van der Waals surface area contributed by atoms with Gasteiger partial charge in [0.25, 0.3) is 0 Å². The molecule has 4 rings (SSSR count). The van der Waals surface area contributed by atoms with Crippen LogP contribution >= 0.6 is 0 Å². The van der Waals surface area contributed by atoms with E-state index in [4.69, 9.17) is 4.74 Å². The lowest BCUT2D eigenvalue weighted by Crippen LogP contribution is -2.64. The van der Waals surface area contributed by atoms with Crippen LogP contribution in [-0.4, -0.2) is 23.1 Å². The molecular formula is C24H32O4. The average molecular weight is 385 g/mol. The van der Waals surface area contributed by atoms with Crippen LogP contribution in [0.5, 0.6) is 0 Å². The van der Waals surface area contributed by atoms with Gasteiger partial charge in [-0.2, -0.15) is 0 Å². The maximum atomic E-state index is 12.9. The van der Waals surface area contributed by atoms with Crippen LogP contribution in [0.1, 0.15) is 73.1 Å². The fourth-order valence-corrected chi connectivity index (χ4v) is 7.17. The Balaban J connectivity index is 1.80. The van der Waals surface area contributed by atoms with Crippen molar-refractivity contribution in [3.05, 3.63) is 23.3 Å². The van der Waals surface area contributed by atoms with E-state index < -0.39 is 5.60 Å². The number of allylic oxidation sites excluding steroid dienone is 4. The Labute approximate surface area is 167 Å². The number of hydrogen-bond acceptors (Lipinski definition) is 4. The molecule has 4 nitrogen and oxygen atoms in total. The maximum absolute atomic E-state index is 12.9. The van der Waals surface area contributed by atoms with Crippen LogP contribution in [0.15, 0.2) is 23.3 Å². The molecule has 0 N–H and O–H groups in total. The van der Waals surface area contributed by atoms with E-state index in [1.54, 1.807) is 0 Å². The van der Waals surface area contributed by atoms with Gasteiger partial charge in [-0.05, 0) is 74.3 Å². The molecule has 152 valence electrons. The number of rotatable bonds is 1. The fourth-order valence-electron chi connectivity index (χ4n) is 7.17. The molecule has 4 heteroatoms. The van der Waals surface area contributed by atoms with Gasteiger partial charge in [0, 0.05) is 25.2 Å². The largest absolute Gasteiger partial charge is 0.451 e. The van der Waals surface area contributed by atoms with Gasteiger partial charge in [-0.1, -0.05) is 25.5 Å². The first kappa shape index (κ1) is 19.6. The highest BCUT2D eigenvalue weighted by molar-refractivity contribution is 5.93. The van der Waals surface area contributed by atoms with E-state index in [0.29, 0.717) is 30.6 Å². The van der Waals surface area contributed by atoms with Gasteiger partial charge in [-0.25, -0.2) is 0 Å². The van der Waals surface area contributed by atoms with Crippen LogP contribution in [0, 0.1) is 28.6 Å². The molecule has 0 aromatic rings. The Morgan fingerprint density at radius 3 is 2.46 bits per heavy atom. The Morgan fingerprint density at radius 2 is 1.79 bits per heavy atom. The zero-order valence-electron chi connectivity index (χ0n) is 17.8. The summed E-state index contributed by atoms with van der Waals surface area (Å²) in [6, 6.07) is 0. The molecule has 0 aliphatic heterocycles. The number of Topliss-reactive ketones (excluding diaryl/α,β-unsaturated/α-hetero) is 1. The topological polar surface area (TPSA) is 60.4 Å². The normalized spacial score (nSPS) is 45.2. The minimum Gasteiger partial charge on any atom is -0.451 e. The lowest BCUT2D eigenvalue weighted by atomic mass is 9.43. The summed E-state index contributed by atoms with van der Waals surface area (Å²) in [7, 11) is 0. The van der Waals surface area contributed by atoms with Crippen LogP contribution in [0.2, 0.25) is 0 Å². The summed E-state index contributed by atoms with van der Waals surface area (Å²) in [6.07, 6.45) is 8.97. The second-order valence-corrected chi connectivity index (χ2v) is 10.1. The van der Waals surface area contributed by atoms with Gasteiger partial charge in [0.05, 0.1) is 0 Å². The summed E-state index contributed by atoms with van der Waals surface area (Å²) in [5.74, 6) is 1.06. The van der Waals surface area contributed by atoms with E-state index in [1.807, 2.05) is 13.0 Å². The minimum atomic E-state index is -1.05. The smallest absolute Gasteiger partial charge is 0.303 e. The maximum Gasteiger partial charge on any atom is 0.303 e. The third-order valence-corrected chi connectivity index (χ3v) is 8.87. The van der Waals surface area contributed by atoms with E-state index in [9.17, 15) is 14.4 Å². The zero-order chi connectivity index (χ0) is 20.5. The number of carbonyl (C=O) groups is 3. The van der Waals surface area contributed by atoms with Crippen molar-refractivity contribution < 1.29 is 19.1 Å². The van der Waals surface area contributed by atoms with Gasteiger partial charge < -0.3 is 4.74 Å². The first-order valence-electron chi connectivity index (χ1n) is 10.7. The number of ketones is 2. The predicted octanol–water partition coefficient (Wildman–Crippen LogP) is 4.58. The molecule has 0 unspecified atom stereocenters. The van der Waals surface area contributed by atoms with E-state index in [2.05, 4.69) is 26.8 Å². The first-order chi connectivity index (χ1) is 13.0. The van der Waals surface area contributed by atoms with Crippen molar-refractivity contribution in [3.8, 4) is 0 Å². The highest BCUT2D eigenvalue weighted by atomic mass is 16.6. The van der Waals surface area contributed by atoms with Crippen molar-refractivity contribution in [3.63, 3.8) is 0 Å². The van der Waals surface area contributed by atoms with Crippen molar-refractivity contribution >= 4 is 17.5 Å². The van der Waals surface area contributed by atoms with Crippen LogP contribution in [-0.2, 0) is 19.1 Å². The van der Waals surface area contributed by atoms with Gasteiger partial charge in [0.15, 0.2) is 17.2 Å². The highest BCUT2D eigenvalue weighted by Crippen LogP contribution is 2.65. The van der Waals surface area contributed by atoms with Crippen LogP contribution in [0.3, 0.4) is 0 Å². The molecule has 0 saturated heterocycles. The molecule has 4 aliphatic carbocycles. The third-order valence-electron chi connectivity index (χ3n) is 8.87. The van der Waals surface area contributed by atoms with Crippen molar-refractivity contribution in [2.45, 2.75) is 78.7 Å². The van der Waals surface area contributed by atoms with Crippen LogP contribution < -0.4 is 0 Å². The van der Waals surface area contributed by atoms with Gasteiger partial charge in [0.2, 0.25) is 0 Å². The summed E-state index contributed by atoms with van der Waals surface area (Å²) >= 11 is 0. The second kappa shape index (κ2) is 6.14. The monoisotopic (exact) mass is 384 g/mol. The molecule has 0 spiro atoms. The molecule has 0 aromatic carbocycles. The first-order valence-corrected chi connectivity index (χ1v) is 10.7. The Hall–Kier alpha value is -1.71. The molecule has 0 radical (unpaired) electrons. The lowest BCUT2D eigenvalue weighted by molar-refractivity contribution is -0.203. The van der Waals surface area contributed by atoms with E-state index in [-0.39, 0.29) is 28.4 Å². The SMILES string of the molecule is CC(=O)O[C@]1(C)C(=O)CC[C@H]2[C@@H]3C=C(C)C4=CC(=O)CC[C@]4(C)[C@H]3CC[C@@]21C. The van der Waals surface area contributed by atoms with E-state index >= 15 is 0 Å². The number of hydrogen-bond donors (Lipinski definition) is 0. The molecule has 2 saturated carbocycles. The Bertz CT molecular complexity index is 820. The molecule has 4 aliphatic rings. The third kappa shape index (κ3) is 2.45. The summed E-state index contributed by atoms with van der Waals surface area (Å²) in [5.41, 5.74) is 1.07. The Kier molecular flexibility index (Phi) is 4.30. The summed E-state index contributed by atoms with van der Waals surface area (Å²) < 4.78 is 5.75. The molecule has 28 heavy (non-hydrogen) atoms. The second-order valence-electron chi connectivity index (χ2n) is 10.1. The van der Waals surface area contributed by atoms with E-state index in [0.717, 1.165) is 25.7 Å². The summed E-state index contributed by atoms with van der Waals surface area (Å²) in [4.78, 5) is 36.9. The molecule has 0 amide bonds. The summed E-state index contributed by atoms with van der Waals surface area (Å²) in [6.45, 7) is 9.87. The molecular weight excluding hydrogens is 352 g/mol. The quantitative estimate of drug-likeness (QED) is 0.621. The van der Waals surface area contributed by atoms with Gasteiger partial charge >= 0.3 is 5.97 Å². The minimum absolute atomic E-state index is 0.0258. The Morgan fingerprint density at radius 1 is 1.07 bits per heavy atom. The summed E-state index contributed by atoms with van der Waals surface area (Å²) in [5, 5.41) is 0. The number of carbonyl (C=O) groups excluding carboxylic acids is 3. The van der Waals surface area contributed by atoms with Gasteiger partial charge in [-0.15, -0.1) is 0 Å². The van der Waals surface area contributed by atoms with Crippen molar-refractivity contribution in [1.82, 2.24) is 0 Å². The van der Waals surface area contributed by atoms with Crippen LogP contribution in [0.4, 0.5) is 0 Å². The van der Waals surface area contributed by atoms with Crippen molar-refractivity contribution in [2.75, 3.05) is 0 Å². The average Bonchev–Trinajstić information content (AvgIpc) is 2.60. The van der Waals surface area contributed by atoms with E-state index in [1.165, 1.54) is 18.1 Å². The number of ether oxygens (including phenoxy) is 1. The highest BCUT2D eigenvalue weighted by Gasteiger charge is 2.64. The zero-order valence-corrected chi connectivity index (χ0v) is 17.8. The molecule has 0 heterocycles. The molecule has 6 atom stereocenters. The van der Waals surface area contributed by atoms with Gasteiger partial charge in [0.1, 0.15) is 0 Å².